The summed E-state index contributed by atoms with van der Waals surface area (Å²) in [5.41, 5.74) is 7.23. The van der Waals surface area contributed by atoms with Gasteiger partial charge in [-0.1, -0.05) is 103 Å². The van der Waals surface area contributed by atoms with Crippen molar-refractivity contribution in [2.45, 2.75) is 25.7 Å². The van der Waals surface area contributed by atoms with E-state index in [1.54, 1.807) is 0 Å². The second kappa shape index (κ2) is 10.7. The largest absolute Gasteiger partial charge is 0.310 e. The Morgan fingerprint density at radius 3 is 1.30 bits per heavy atom. The lowest BCUT2D eigenvalue weighted by molar-refractivity contribution is 0.996. The molecule has 0 atom stereocenters. The molecule has 0 saturated carbocycles. The molecule has 0 spiro atoms. The van der Waals surface area contributed by atoms with Gasteiger partial charge in [-0.05, 0) is 68.2 Å². The topological polar surface area (TPSA) is 6.48 Å². The standard InChI is InChI=1S/C38H32N2/c1-5-17-29(18-6-1)39(30-19-7-2-8-20-30)37-33-25-13-15-27-35(33)38(36-28-16-14-26-34(36)37)40(31-21-9-3-10-22-31)32-23-11-4-12-24-32/h1-3,5-11,13,15,17-28H,4,12,14,16H2. The molecule has 2 nitrogen and oxygen atoms in total. The van der Waals surface area contributed by atoms with Crippen molar-refractivity contribution in [2.24, 2.45) is 0 Å². The van der Waals surface area contributed by atoms with Gasteiger partial charge in [-0.15, -0.1) is 0 Å². The van der Waals surface area contributed by atoms with Crippen LogP contribution in [0, 0.1) is 0 Å². The van der Waals surface area contributed by atoms with Crippen LogP contribution in [0.15, 0.2) is 139 Å². The summed E-state index contributed by atoms with van der Waals surface area (Å²) in [5.74, 6) is 0. The van der Waals surface area contributed by atoms with Crippen molar-refractivity contribution in [3.8, 4) is 0 Å². The summed E-state index contributed by atoms with van der Waals surface area (Å²) in [5, 5.41) is 5.11. The van der Waals surface area contributed by atoms with Gasteiger partial charge in [-0.3, -0.25) is 0 Å². The maximum atomic E-state index is 2.48. The summed E-state index contributed by atoms with van der Waals surface area (Å²) in [6.07, 6.45) is 16.1. The van der Waals surface area contributed by atoms with Crippen molar-refractivity contribution in [1.29, 1.82) is 0 Å². The second-order valence-electron chi connectivity index (χ2n) is 10.3. The van der Waals surface area contributed by atoms with Crippen LogP contribution < -0.4 is 20.2 Å². The summed E-state index contributed by atoms with van der Waals surface area (Å²) < 4.78 is 0. The van der Waals surface area contributed by atoms with Gasteiger partial charge >= 0.3 is 0 Å². The van der Waals surface area contributed by atoms with Gasteiger partial charge in [0.05, 0.1) is 11.4 Å². The fourth-order valence-electron chi connectivity index (χ4n) is 6.10. The summed E-state index contributed by atoms with van der Waals surface area (Å²) in [7, 11) is 0. The van der Waals surface area contributed by atoms with E-state index in [0.717, 1.165) is 37.1 Å². The molecule has 5 aromatic rings. The Kier molecular flexibility index (Phi) is 6.51. The van der Waals surface area contributed by atoms with Crippen LogP contribution in [-0.4, -0.2) is 0 Å². The molecule has 0 saturated heterocycles. The number of benzene rings is 5. The van der Waals surface area contributed by atoms with Crippen molar-refractivity contribution in [3.05, 3.63) is 150 Å². The second-order valence-corrected chi connectivity index (χ2v) is 10.3. The maximum Gasteiger partial charge on any atom is 0.0616 e. The van der Waals surface area contributed by atoms with E-state index in [9.17, 15) is 0 Å². The molecule has 0 aromatic heterocycles. The Bertz CT molecular complexity index is 1800. The molecule has 0 aliphatic heterocycles. The van der Waals surface area contributed by atoms with Crippen LogP contribution in [0.3, 0.4) is 0 Å². The van der Waals surface area contributed by atoms with Gasteiger partial charge in [0.2, 0.25) is 0 Å². The van der Waals surface area contributed by atoms with Crippen molar-refractivity contribution < 1.29 is 0 Å². The molecule has 2 aliphatic rings. The van der Waals surface area contributed by atoms with Gasteiger partial charge < -0.3 is 9.80 Å². The van der Waals surface area contributed by atoms with Crippen LogP contribution in [-0.2, 0) is 0 Å². The Labute approximate surface area is 236 Å². The Balaban J connectivity index is 1.61. The molecule has 0 amide bonds. The van der Waals surface area contributed by atoms with Crippen molar-refractivity contribution in [1.82, 2.24) is 0 Å². The number of para-hydroxylation sites is 3. The first-order chi connectivity index (χ1) is 19.9. The highest BCUT2D eigenvalue weighted by molar-refractivity contribution is 6.07. The van der Waals surface area contributed by atoms with Gasteiger partial charge in [-0.25, -0.2) is 0 Å². The number of anilines is 5. The smallest absolute Gasteiger partial charge is 0.0616 e. The molecule has 0 N–H and O–H groups in total. The van der Waals surface area contributed by atoms with E-state index in [-0.39, 0.29) is 0 Å². The van der Waals surface area contributed by atoms with E-state index < -0.39 is 0 Å². The van der Waals surface area contributed by atoms with E-state index in [1.807, 2.05) is 0 Å². The summed E-state index contributed by atoms with van der Waals surface area (Å²) in [4.78, 5) is 4.92. The zero-order valence-corrected chi connectivity index (χ0v) is 22.6. The van der Waals surface area contributed by atoms with Crippen LogP contribution in [0.4, 0.5) is 28.4 Å². The zero-order chi connectivity index (χ0) is 26.7. The number of rotatable bonds is 6. The summed E-state index contributed by atoms with van der Waals surface area (Å²) >= 11 is 0. The van der Waals surface area contributed by atoms with Gasteiger partial charge in [0.1, 0.15) is 0 Å². The fourth-order valence-corrected chi connectivity index (χ4v) is 6.10. The normalized spacial score (nSPS) is 14.1. The maximum absolute atomic E-state index is 2.48. The third-order valence-corrected chi connectivity index (χ3v) is 7.83. The molecular formula is C38H32N2. The molecule has 2 heteroatoms. The SMILES string of the molecule is C1=CC(N(c2ccccc2)c2c3c(c(N(c4ccccc4)c4ccccc4)c4ccccc24)=CCCC=3)=CCC1. The van der Waals surface area contributed by atoms with Crippen molar-refractivity contribution in [2.75, 3.05) is 9.80 Å². The third kappa shape index (κ3) is 4.32. The number of fused-ring (bicyclic) bond motifs is 2. The molecular weight excluding hydrogens is 484 g/mol. The number of allylic oxidation sites excluding steroid dienone is 3. The molecule has 0 heterocycles. The van der Waals surface area contributed by atoms with Crippen LogP contribution in [0.5, 0.6) is 0 Å². The van der Waals surface area contributed by atoms with E-state index in [2.05, 4.69) is 155 Å². The lowest BCUT2D eigenvalue weighted by Crippen LogP contribution is -2.37. The molecule has 194 valence electrons. The van der Waals surface area contributed by atoms with Crippen molar-refractivity contribution in [3.63, 3.8) is 0 Å². The van der Waals surface area contributed by atoms with Crippen LogP contribution in [0.1, 0.15) is 25.7 Å². The highest BCUT2D eigenvalue weighted by Gasteiger charge is 2.24. The van der Waals surface area contributed by atoms with Crippen LogP contribution in [0.25, 0.3) is 22.9 Å². The Hall–Kier alpha value is -4.82. The number of hydrogen-bond acceptors (Lipinski definition) is 2. The summed E-state index contributed by atoms with van der Waals surface area (Å²) in [6.45, 7) is 0. The molecule has 40 heavy (non-hydrogen) atoms. The molecule has 7 rings (SSSR count). The molecule has 0 unspecified atom stereocenters. The predicted molar refractivity (Wildman–Crippen MR) is 171 cm³/mol. The van der Waals surface area contributed by atoms with Gasteiger partial charge in [-0.2, -0.15) is 0 Å². The zero-order valence-electron chi connectivity index (χ0n) is 22.6. The lowest BCUT2D eigenvalue weighted by Gasteiger charge is -2.33. The number of nitrogens with zero attached hydrogens (tertiary/aromatic N) is 2. The first-order valence-electron chi connectivity index (χ1n) is 14.3. The fraction of sp³-hybridized carbons (Fsp3) is 0.105. The minimum atomic E-state index is 1.03. The Morgan fingerprint density at radius 1 is 0.400 bits per heavy atom. The highest BCUT2D eigenvalue weighted by Crippen LogP contribution is 2.41. The highest BCUT2D eigenvalue weighted by atomic mass is 15.2. The Morgan fingerprint density at radius 2 is 0.825 bits per heavy atom. The van der Waals surface area contributed by atoms with E-state index in [1.165, 1.54) is 44.0 Å². The minimum absolute atomic E-state index is 1.03. The average molecular weight is 517 g/mol. The van der Waals surface area contributed by atoms with Gasteiger partial charge in [0, 0.05) is 44.0 Å². The minimum Gasteiger partial charge on any atom is -0.310 e. The molecule has 2 aliphatic carbocycles. The lowest BCUT2D eigenvalue weighted by atomic mass is 9.95. The first-order valence-corrected chi connectivity index (χ1v) is 14.3. The predicted octanol–water partition coefficient (Wildman–Crippen LogP) is 9.04. The molecule has 5 aromatic carbocycles. The van der Waals surface area contributed by atoms with Crippen molar-refractivity contribution >= 4 is 51.4 Å². The number of hydrogen-bond donors (Lipinski definition) is 0. The van der Waals surface area contributed by atoms with Gasteiger partial charge in [0.15, 0.2) is 0 Å². The van der Waals surface area contributed by atoms with E-state index >= 15 is 0 Å². The molecule has 0 bridgehead atoms. The third-order valence-electron chi connectivity index (χ3n) is 7.83. The van der Waals surface area contributed by atoms with E-state index in [4.69, 9.17) is 0 Å². The average Bonchev–Trinajstić information content (AvgIpc) is 3.04. The molecule has 0 fully saturated rings. The summed E-state index contributed by atoms with van der Waals surface area (Å²) in [6, 6.07) is 41.3. The van der Waals surface area contributed by atoms with Crippen LogP contribution in [0.2, 0.25) is 0 Å². The van der Waals surface area contributed by atoms with Crippen LogP contribution >= 0.6 is 0 Å². The quantitative estimate of drug-likeness (QED) is 0.208. The molecule has 0 radical (unpaired) electrons. The van der Waals surface area contributed by atoms with Gasteiger partial charge in [0.25, 0.3) is 0 Å². The first kappa shape index (κ1) is 24.2. The van der Waals surface area contributed by atoms with E-state index in [0.29, 0.717) is 0 Å². The monoisotopic (exact) mass is 516 g/mol.